The molecule has 0 aromatic carbocycles. The number of piperazine rings is 1. The van der Waals surface area contributed by atoms with Gasteiger partial charge in [0.2, 0.25) is 0 Å². The Bertz CT molecular complexity index is 917. The summed E-state index contributed by atoms with van der Waals surface area (Å²) in [6.45, 7) is 5.39. The molecule has 7 nitrogen and oxygen atoms in total. The molecule has 2 aliphatic heterocycles. The molecule has 0 amide bonds. The van der Waals surface area contributed by atoms with E-state index in [2.05, 4.69) is 47.2 Å². The third-order valence-electron chi connectivity index (χ3n) is 5.44. The van der Waals surface area contributed by atoms with Crippen molar-refractivity contribution in [3.8, 4) is 0 Å². The van der Waals surface area contributed by atoms with Crippen molar-refractivity contribution in [2.24, 2.45) is 0 Å². The van der Waals surface area contributed by atoms with Crippen LogP contribution in [0.4, 0.5) is 11.6 Å². The van der Waals surface area contributed by atoms with Crippen LogP contribution in [0.1, 0.15) is 24.5 Å². The molecule has 3 aromatic heterocycles. The number of hydrogen-bond acceptors (Lipinski definition) is 8. The van der Waals surface area contributed by atoms with Gasteiger partial charge >= 0.3 is 0 Å². The van der Waals surface area contributed by atoms with Gasteiger partial charge in [0.25, 0.3) is 0 Å². The number of anilines is 2. The van der Waals surface area contributed by atoms with Crippen LogP contribution in [0.2, 0.25) is 0 Å². The van der Waals surface area contributed by atoms with Crippen LogP contribution >= 0.6 is 11.3 Å². The second-order valence-corrected chi connectivity index (χ2v) is 7.91. The summed E-state index contributed by atoms with van der Waals surface area (Å²) < 4.78 is 6.65. The van der Waals surface area contributed by atoms with Gasteiger partial charge in [0, 0.05) is 57.1 Å². The van der Waals surface area contributed by atoms with Crippen molar-refractivity contribution in [1.29, 1.82) is 0 Å². The molecule has 5 rings (SSSR count). The highest BCUT2D eigenvalue weighted by molar-refractivity contribution is 7.17. The highest BCUT2D eigenvalue weighted by Crippen LogP contribution is 2.30. The zero-order chi connectivity index (χ0) is 18.1. The molecule has 0 saturated carbocycles. The lowest BCUT2D eigenvalue weighted by atomic mass is 9.96. The van der Waals surface area contributed by atoms with E-state index < -0.39 is 0 Å². The maximum absolute atomic E-state index is 5.48. The Hall–Kier alpha value is -2.32. The highest BCUT2D eigenvalue weighted by atomic mass is 32.1. The van der Waals surface area contributed by atoms with Crippen molar-refractivity contribution in [1.82, 2.24) is 19.9 Å². The SMILES string of the molecule is c1nc(C2CCOCC2)cc(N2CCN(c3ncnc4ccsc34)CC2)n1. The van der Waals surface area contributed by atoms with Gasteiger partial charge in [-0.3, -0.25) is 0 Å². The van der Waals surface area contributed by atoms with Gasteiger partial charge in [-0.2, -0.15) is 0 Å². The highest BCUT2D eigenvalue weighted by Gasteiger charge is 2.23. The van der Waals surface area contributed by atoms with Crippen LogP contribution < -0.4 is 9.80 Å². The fraction of sp³-hybridized carbons (Fsp3) is 0.474. The Kier molecular flexibility index (Phi) is 4.59. The molecule has 0 bridgehead atoms. The van der Waals surface area contributed by atoms with E-state index in [0.29, 0.717) is 5.92 Å². The lowest BCUT2D eigenvalue weighted by Gasteiger charge is -2.36. The number of nitrogens with zero attached hydrogens (tertiary/aromatic N) is 6. The van der Waals surface area contributed by atoms with Crippen LogP contribution in [-0.4, -0.2) is 59.3 Å². The van der Waals surface area contributed by atoms with Crippen molar-refractivity contribution >= 4 is 33.2 Å². The molecule has 5 heterocycles. The van der Waals surface area contributed by atoms with E-state index in [0.717, 1.165) is 75.1 Å². The van der Waals surface area contributed by atoms with E-state index in [4.69, 9.17) is 4.74 Å². The lowest BCUT2D eigenvalue weighted by Crippen LogP contribution is -2.47. The number of ether oxygens (including phenoxy) is 1. The Morgan fingerprint density at radius 2 is 1.70 bits per heavy atom. The fourth-order valence-corrected chi connectivity index (χ4v) is 4.76. The van der Waals surface area contributed by atoms with Crippen LogP contribution in [-0.2, 0) is 4.74 Å². The first-order valence-corrected chi connectivity index (χ1v) is 10.3. The summed E-state index contributed by atoms with van der Waals surface area (Å²) in [6.07, 6.45) is 5.48. The summed E-state index contributed by atoms with van der Waals surface area (Å²) >= 11 is 1.71. The predicted molar refractivity (Wildman–Crippen MR) is 107 cm³/mol. The zero-order valence-corrected chi connectivity index (χ0v) is 15.9. The van der Waals surface area contributed by atoms with Crippen LogP contribution in [0.3, 0.4) is 0 Å². The molecule has 0 atom stereocenters. The Labute approximate surface area is 162 Å². The van der Waals surface area contributed by atoms with Crippen molar-refractivity contribution in [2.75, 3.05) is 49.2 Å². The Morgan fingerprint density at radius 3 is 2.56 bits per heavy atom. The van der Waals surface area contributed by atoms with Gasteiger partial charge in [0.15, 0.2) is 0 Å². The summed E-state index contributed by atoms with van der Waals surface area (Å²) in [6, 6.07) is 4.23. The monoisotopic (exact) mass is 382 g/mol. The first-order valence-electron chi connectivity index (χ1n) is 9.46. The molecule has 3 aromatic rings. The lowest BCUT2D eigenvalue weighted by molar-refractivity contribution is 0.0845. The minimum Gasteiger partial charge on any atom is -0.381 e. The summed E-state index contributed by atoms with van der Waals surface area (Å²) in [4.78, 5) is 22.7. The first kappa shape index (κ1) is 16.8. The molecule has 8 heteroatoms. The second-order valence-electron chi connectivity index (χ2n) is 6.99. The standard InChI is InChI=1S/C19H22N6OS/c1-8-26-9-2-14(1)16-11-17(22-12-21-16)24-4-6-25(7-5-24)19-18-15(3-10-27-18)20-13-23-19/h3,10-14H,1-2,4-9H2. The quantitative estimate of drug-likeness (QED) is 0.690. The summed E-state index contributed by atoms with van der Waals surface area (Å²) in [5.41, 5.74) is 2.19. The van der Waals surface area contributed by atoms with Gasteiger partial charge in [0.05, 0.1) is 10.2 Å². The average molecular weight is 382 g/mol. The molecule has 0 spiro atoms. The molecule has 0 unspecified atom stereocenters. The van der Waals surface area contributed by atoms with Gasteiger partial charge in [-0.1, -0.05) is 0 Å². The minimum absolute atomic E-state index is 0.495. The number of aromatic nitrogens is 4. The van der Waals surface area contributed by atoms with Crippen LogP contribution in [0, 0.1) is 0 Å². The van der Waals surface area contributed by atoms with Crippen LogP contribution in [0.5, 0.6) is 0 Å². The molecular weight excluding hydrogens is 360 g/mol. The summed E-state index contributed by atoms with van der Waals surface area (Å²) in [7, 11) is 0. The number of thiophene rings is 1. The zero-order valence-electron chi connectivity index (χ0n) is 15.1. The van der Waals surface area contributed by atoms with Gasteiger partial charge in [-0.05, 0) is 24.3 Å². The van der Waals surface area contributed by atoms with E-state index in [-0.39, 0.29) is 0 Å². The minimum atomic E-state index is 0.495. The number of rotatable bonds is 3. The van der Waals surface area contributed by atoms with Gasteiger partial charge in [-0.15, -0.1) is 11.3 Å². The number of fused-ring (bicyclic) bond motifs is 1. The molecule has 0 aliphatic carbocycles. The topological polar surface area (TPSA) is 67.3 Å². The van der Waals surface area contributed by atoms with E-state index >= 15 is 0 Å². The number of hydrogen-bond donors (Lipinski definition) is 0. The fourth-order valence-electron chi connectivity index (χ4n) is 3.90. The Morgan fingerprint density at radius 1 is 0.926 bits per heavy atom. The Balaban J connectivity index is 1.30. The van der Waals surface area contributed by atoms with E-state index in [1.54, 1.807) is 24.0 Å². The molecular formula is C19H22N6OS. The van der Waals surface area contributed by atoms with Gasteiger partial charge < -0.3 is 14.5 Å². The van der Waals surface area contributed by atoms with Crippen molar-refractivity contribution in [2.45, 2.75) is 18.8 Å². The van der Waals surface area contributed by atoms with Crippen LogP contribution in [0.15, 0.2) is 30.2 Å². The van der Waals surface area contributed by atoms with Crippen molar-refractivity contribution in [3.05, 3.63) is 35.9 Å². The van der Waals surface area contributed by atoms with Gasteiger partial charge in [-0.25, -0.2) is 19.9 Å². The van der Waals surface area contributed by atoms with Crippen LogP contribution in [0.25, 0.3) is 10.2 Å². The molecule has 27 heavy (non-hydrogen) atoms. The largest absolute Gasteiger partial charge is 0.381 e. The van der Waals surface area contributed by atoms with E-state index in [9.17, 15) is 0 Å². The normalized spacial score (nSPS) is 19.0. The summed E-state index contributed by atoms with van der Waals surface area (Å²) in [5, 5.41) is 2.08. The third kappa shape index (κ3) is 3.35. The maximum Gasteiger partial charge on any atom is 0.150 e. The smallest absolute Gasteiger partial charge is 0.150 e. The average Bonchev–Trinajstić information content (AvgIpc) is 3.24. The van der Waals surface area contributed by atoms with E-state index in [1.165, 1.54) is 4.70 Å². The molecule has 0 radical (unpaired) electrons. The predicted octanol–water partition coefficient (Wildman–Crippen LogP) is 2.70. The first-order chi connectivity index (χ1) is 13.4. The molecule has 2 aliphatic rings. The van der Waals surface area contributed by atoms with Gasteiger partial charge in [0.1, 0.15) is 24.3 Å². The maximum atomic E-state index is 5.48. The molecule has 0 N–H and O–H groups in total. The third-order valence-corrected chi connectivity index (χ3v) is 6.34. The molecule has 140 valence electrons. The summed E-state index contributed by atoms with van der Waals surface area (Å²) in [5.74, 6) is 2.59. The van der Waals surface area contributed by atoms with Crippen molar-refractivity contribution < 1.29 is 4.74 Å². The molecule has 2 saturated heterocycles. The second kappa shape index (κ2) is 7.36. The van der Waals surface area contributed by atoms with Crippen molar-refractivity contribution in [3.63, 3.8) is 0 Å². The molecule has 2 fully saturated rings. The van der Waals surface area contributed by atoms with E-state index in [1.807, 2.05) is 0 Å².